The van der Waals surface area contributed by atoms with Gasteiger partial charge in [-0.05, 0) is 6.54 Å². The predicted octanol–water partition coefficient (Wildman–Crippen LogP) is -0.617. The van der Waals surface area contributed by atoms with E-state index in [1.165, 1.54) is 0 Å². The van der Waals surface area contributed by atoms with Crippen molar-refractivity contribution in [3.63, 3.8) is 0 Å². The number of aldehydes is 1. The smallest absolute Gasteiger partial charge is 0.231 e. The molecular weight excluding hydrogens is 144 g/mol. The Hall–Kier alpha value is -0.900. The average molecular weight is 158 g/mol. The molecule has 0 radical (unpaired) electrons. The SMILES string of the molecule is CCN(CCC=O)CC(N)=O. The third-order valence-corrected chi connectivity index (χ3v) is 1.39. The summed E-state index contributed by atoms with van der Waals surface area (Å²) in [4.78, 5) is 22.2. The molecule has 11 heavy (non-hydrogen) atoms. The molecule has 0 aromatic carbocycles. The van der Waals surface area contributed by atoms with Gasteiger partial charge in [-0.2, -0.15) is 0 Å². The lowest BCUT2D eigenvalue weighted by Crippen LogP contribution is -2.34. The maximum Gasteiger partial charge on any atom is 0.231 e. The van der Waals surface area contributed by atoms with Gasteiger partial charge in [0, 0.05) is 13.0 Å². The van der Waals surface area contributed by atoms with Crippen LogP contribution in [-0.2, 0) is 9.59 Å². The summed E-state index contributed by atoms with van der Waals surface area (Å²) in [6.45, 7) is 3.53. The van der Waals surface area contributed by atoms with E-state index in [0.717, 1.165) is 12.8 Å². The number of amides is 1. The number of carbonyl (C=O) groups excluding carboxylic acids is 2. The van der Waals surface area contributed by atoms with Crippen LogP contribution in [-0.4, -0.2) is 36.7 Å². The largest absolute Gasteiger partial charge is 0.369 e. The summed E-state index contributed by atoms with van der Waals surface area (Å²) in [5, 5.41) is 0. The van der Waals surface area contributed by atoms with Gasteiger partial charge in [0.1, 0.15) is 6.29 Å². The van der Waals surface area contributed by atoms with Crippen LogP contribution in [0.3, 0.4) is 0 Å². The van der Waals surface area contributed by atoms with Crippen LogP contribution in [0.1, 0.15) is 13.3 Å². The standard InChI is InChI=1S/C7H14N2O2/c1-2-9(4-3-5-10)6-7(8)11/h5H,2-4,6H2,1H3,(H2,8,11). The van der Waals surface area contributed by atoms with Crippen LogP contribution < -0.4 is 5.73 Å². The van der Waals surface area contributed by atoms with Gasteiger partial charge >= 0.3 is 0 Å². The number of hydrogen-bond donors (Lipinski definition) is 1. The fraction of sp³-hybridized carbons (Fsp3) is 0.714. The Morgan fingerprint density at radius 2 is 2.27 bits per heavy atom. The molecule has 0 fully saturated rings. The Labute approximate surface area is 66.4 Å². The van der Waals surface area contributed by atoms with Crippen molar-refractivity contribution in [2.75, 3.05) is 19.6 Å². The van der Waals surface area contributed by atoms with Gasteiger partial charge in [-0.25, -0.2) is 0 Å². The van der Waals surface area contributed by atoms with Crippen molar-refractivity contribution in [2.24, 2.45) is 5.73 Å². The zero-order chi connectivity index (χ0) is 8.69. The molecule has 0 saturated carbocycles. The second kappa shape index (κ2) is 5.85. The molecule has 0 aliphatic heterocycles. The second-order valence-corrected chi connectivity index (χ2v) is 2.29. The molecule has 4 heteroatoms. The van der Waals surface area contributed by atoms with Crippen LogP contribution in [0.5, 0.6) is 0 Å². The third-order valence-electron chi connectivity index (χ3n) is 1.39. The average Bonchev–Trinajstić information content (AvgIpc) is 1.97. The van der Waals surface area contributed by atoms with Crippen molar-refractivity contribution in [1.82, 2.24) is 4.90 Å². The monoisotopic (exact) mass is 158 g/mol. The van der Waals surface area contributed by atoms with Gasteiger partial charge in [-0.1, -0.05) is 6.92 Å². The van der Waals surface area contributed by atoms with Gasteiger partial charge in [0.25, 0.3) is 0 Å². The summed E-state index contributed by atoms with van der Waals surface area (Å²) in [5.74, 6) is -0.349. The van der Waals surface area contributed by atoms with E-state index in [2.05, 4.69) is 0 Å². The van der Waals surface area contributed by atoms with Gasteiger partial charge in [-0.15, -0.1) is 0 Å². The predicted molar refractivity (Wildman–Crippen MR) is 42.0 cm³/mol. The van der Waals surface area contributed by atoms with E-state index in [1.54, 1.807) is 0 Å². The second-order valence-electron chi connectivity index (χ2n) is 2.29. The topological polar surface area (TPSA) is 63.4 Å². The lowest BCUT2D eigenvalue weighted by atomic mass is 10.4. The van der Waals surface area contributed by atoms with Crippen molar-refractivity contribution in [1.29, 1.82) is 0 Å². The molecule has 0 saturated heterocycles. The Balaban J connectivity index is 3.57. The summed E-state index contributed by atoms with van der Waals surface area (Å²) in [5.41, 5.74) is 4.97. The first-order valence-corrected chi connectivity index (χ1v) is 3.65. The van der Waals surface area contributed by atoms with Crippen LogP contribution in [0.25, 0.3) is 0 Å². The molecule has 0 atom stereocenters. The van der Waals surface area contributed by atoms with Gasteiger partial charge in [-0.3, -0.25) is 9.69 Å². The highest BCUT2D eigenvalue weighted by Crippen LogP contribution is 1.87. The lowest BCUT2D eigenvalue weighted by molar-refractivity contribution is -0.119. The summed E-state index contributed by atoms with van der Waals surface area (Å²) < 4.78 is 0. The number of likely N-dealkylation sites (N-methyl/N-ethyl adjacent to an activating group) is 1. The van der Waals surface area contributed by atoms with E-state index in [4.69, 9.17) is 5.73 Å². The van der Waals surface area contributed by atoms with Gasteiger partial charge in [0.2, 0.25) is 5.91 Å². The molecule has 0 bridgehead atoms. The van der Waals surface area contributed by atoms with Gasteiger partial charge in [0.05, 0.1) is 6.54 Å². The van der Waals surface area contributed by atoms with Crippen molar-refractivity contribution >= 4 is 12.2 Å². The third kappa shape index (κ3) is 5.54. The Morgan fingerprint density at radius 1 is 1.64 bits per heavy atom. The molecule has 4 nitrogen and oxygen atoms in total. The summed E-state index contributed by atoms with van der Waals surface area (Å²) in [6.07, 6.45) is 1.30. The molecular formula is C7H14N2O2. The summed E-state index contributed by atoms with van der Waals surface area (Å²) >= 11 is 0. The minimum Gasteiger partial charge on any atom is -0.369 e. The first kappa shape index (κ1) is 10.1. The van der Waals surface area contributed by atoms with Crippen molar-refractivity contribution in [3.8, 4) is 0 Å². The van der Waals surface area contributed by atoms with E-state index in [-0.39, 0.29) is 12.5 Å². The number of rotatable bonds is 6. The zero-order valence-corrected chi connectivity index (χ0v) is 6.75. The summed E-state index contributed by atoms with van der Waals surface area (Å²) in [7, 11) is 0. The molecule has 1 amide bonds. The van der Waals surface area contributed by atoms with Crippen LogP contribution in [0, 0.1) is 0 Å². The van der Waals surface area contributed by atoms with E-state index in [0.29, 0.717) is 13.0 Å². The molecule has 0 aromatic heterocycles. The van der Waals surface area contributed by atoms with Gasteiger partial charge < -0.3 is 10.5 Å². The first-order valence-electron chi connectivity index (χ1n) is 3.65. The quantitative estimate of drug-likeness (QED) is 0.524. The highest BCUT2D eigenvalue weighted by molar-refractivity contribution is 5.75. The molecule has 0 unspecified atom stereocenters. The van der Waals surface area contributed by atoms with Gasteiger partial charge in [0.15, 0.2) is 0 Å². The van der Waals surface area contributed by atoms with Crippen LogP contribution >= 0.6 is 0 Å². The number of primary amides is 1. The van der Waals surface area contributed by atoms with Crippen molar-refractivity contribution in [3.05, 3.63) is 0 Å². The Bertz CT molecular complexity index is 136. The molecule has 0 aromatic rings. The number of nitrogens with two attached hydrogens (primary N) is 1. The fourth-order valence-corrected chi connectivity index (χ4v) is 0.805. The van der Waals surface area contributed by atoms with E-state index >= 15 is 0 Å². The van der Waals surface area contributed by atoms with E-state index in [9.17, 15) is 9.59 Å². The molecule has 0 heterocycles. The molecule has 0 aliphatic carbocycles. The minimum atomic E-state index is -0.349. The fourth-order valence-electron chi connectivity index (χ4n) is 0.805. The van der Waals surface area contributed by atoms with E-state index < -0.39 is 0 Å². The maximum absolute atomic E-state index is 10.4. The summed E-state index contributed by atoms with van der Waals surface area (Å²) in [6, 6.07) is 0. The molecule has 0 aliphatic rings. The van der Waals surface area contributed by atoms with Crippen molar-refractivity contribution in [2.45, 2.75) is 13.3 Å². The number of carbonyl (C=O) groups is 2. The molecule has 64 valence electrons. The highest BCUT2D eigenvalue weighted by atomic mass is 16.1. The maximum atomic E-state index is 10.4. The lowest BCUT2D eigenvalue weighted by Gasteiger charge is -2.16. The van der Waals surface area contributed by atoms with Crippen LogP contribution in [0.2, 0.25) is 0 Å². The van der Waals surface area contributed by atoms with Crippen LogP contribution in [0.4, 0.5) is 0 Å². The molecule has 0 spiro atoms. The van der Waals surface area contributed by atoms with Crippen molar-refractivity contribution < 1.29 is 9.59 Å². The molecule has 0 rings (SSSR count). The minimum absolute atomic E-state index is 0.240. The number of nitrogens with zero attached hydrogens (tertiary/aromatic N) is 1. The first-order chi connectivity index (χ1) is 5.20. The Kier molecular flexibility index (Phi) is 5.37. The van der Waals surface area contributed by atoms with E-state index in [1.807, 2.05) is 11.8 Å². The highest BCUT2D eigenvalue weighted by Gasteiger charge is 2.03. The molecule has 2 N–H and O–H groups in total. The zero-order valence-electron chi connectivity index (χ0n) is 6.75. The van der Waals surface area contributed by atoms with Crippen LogP contribution in [0.15, 0.2) is 0 Å². The Morgan fingerprint density at radius 3 is 2.64 bits per heavy atom. The normalized spacial score (nSPS) is 10.0. The number of hydrogen-bond acceptors (Lipinski definition) is 3.